The van der Waals surface area contributed by atoms with Crippen molar-refractivity contribution >= 4 is 5.96 Å². The van der Waals surface area contributed by atoms with Crippen molar-refractivity contribution in [1.82, 2.24) is 15.1 Å². The minimum absolute atomic E-state index is 0.655. The molecular weight excluding hydrogens is 368 g/mol. The highest BCUT2D eigenvalue weighted by molar-refractivity contribution is 5.79. The highest BCUT2D eigenvalue weighted by atomic mass is 16.5. The van der Waals surface area contributed by atoms with Crippen LogP contribution in [0.3, 0.4) is 0 Å². The third-order valence-corrected chi connectivity index (χ3v) is 4.96. The lowest BCUT2D eigenvalue weighted by Gasteiger charge is -2.22. The molecule has 29 heavy (non-hydrogen) atoms. The molecule has 0 unspecified atom stereocenters. The van der Waals surface area contributed by atoms with E-state index >= 15 is 0 Å². The van der Waals surface area contributed by atoms with Gasteiger partial charge in [-0.2, -0.15) is 0 Å². The maximum Gasteiger partial charge on any atom is 0.193 e. The van der Waals surface area contributed by atoms with Crippen molar-refractivity contribution < 1.29 is 14.2 Å². The van der Waals surface area contributed by atoms with E-state index in [2.05, 4.69) is 39.3 Å². The maximum absolute atomic E-state index is 5.90. The molecule has 1 saturated carbocycles. The molecule has 1 fully saturated rings. The fourth-order valence-electron chi connectivity index (χ4n) is 2.83. The van der Waals surface area contributed by atoms with Gasteiger partial charge in [0.25, 0.3) is 0 Å². The highest BCUT2D eigenvalue weighted by Crippen LogP contribution is 2.28. The van der Waals surface area contributed by atoms with Crippen molar-refractivity contribution in [2.75, 3.05) is 74.3 Å². The summed E-state index contributed by atoms with van der Waals surface area (Å²) in [7, 11) is 7.64. The van der Waals surface area contributed by atoms with Gasteiger partial charge in [-0.25, -0.2) is 0 Å². The van der Waals surface area contributed by atoms with Crippen LogP contribution in [0.15, 0.2) is 29.3 Å². The molecule has 7 nitrogen and oxygen atoms in total. The molecule has 2 rings (SSSR count). The first-order valence-corrected chi connectivity index (χ1v) is 10.5. The Morgan fingerprint density at radius 3 is 2.66 bits per heavy atom. The van der Waals surface area contributed by atoms with Crippen LogP contribution < -0.4 is 10.1 Å². The molecule has 7 heteroatoms. The third kappa shape index (κ3) is 9.96. The molecule has 1 N–H and O–H groups in total. The Morgan fingerprint density at radius 1 is 1.14 bits per heavy atom. The number of nitrogens with zero attached hydrogens (tertiary/aromatic N) is 3. The lowest BCUT2D eigenvalue weighted by atomic mass is 10.2. The lowest BCUT2D eigenvalue weighted by molar-refractivity contribution is 0.115. The fraction of sp³-hybridized carbons (Fsp3) is 0.682. The number of guanidine groups is 1. The van der Waals surface area contributed by atoms with Gasteiger partial charge in [-0.3, -0.25) is 4.99 Å². The van der Waals surface area contributed by atoms with Crippen LogP contribution in [0.5, 0.6) is 5.75 Å². The Kier molecular flexibility index (Phi) is 10.8. The Morgan fingerprint density at radius 2 is 1.93 bits per heavy atom. The van der Waals surface area contributed by atoms with Crippen molar-refractivity contribution in [1.29, 1.82) is 0 Å². The van der Waals surface area contributed by atoms with Crippen LogP contribution >= 0.6 is 0 Å². The number of hydrogen-bond donors (Lipinski definition) is 1. The van der Waals surface area contributed by atoms with E-state index in [1.807, 2.05) is 26.2 Å². The van der Waals surface area contributed by atoms with Crippen LogP contribution in [-0.2, 0) is 16.0 Å². The second kappa shape index (κ2) is 13.4. The normalized spacial score (nSPS) is 14.3. The van der Waals surface area contributed by atoms with E-state index in [0.29, 0.717) is 13.2 Å². The standard InChI is InChI=1S/C22H38N4O3/c1-23-22(26(3)12-14-28-18-19-8-9-19)24-17-20-6-5-7-21(16-20)29-15-11-25(2)10-13-27-4/h5-7,16,19H,8-15,17-18H2,1-4H3,(H,23,24). The van der Waals surface area contributed by atoms with Gasteiger partial charge in [0.15, 0.2) is 5.96 Å². The average molecular weight is 407 g/mol. The van der Waals surface area contributed by atoms with Crippen molar-refractivity contribution in [3.63, 3.8) is 0 Å². The van der Waals surface area contributed by atoms with Crippen molar-refractivity contribution in [2.24, 2.45) is 10.9 Å². The third-order valence-electron chi connectivity index (χ3n) is 4.96. The van der Waals surface area contributed by atoms with Gasteiger partial charge >= 0.3 is 0 Å². The van der Waals surface area contributed by atoms with Gasteiger partial charge < -0.3 is 29.3 Å². The minimum Gasteiger partial charge on any atom is -0.492 e. The number of ether oxygens (including phenoxy) is 3. The average Bonchev–Trinajstić information content (AvgIpc) is 3.55. The van der Waals surface area contributed by atoms with Crippen molar-refractivity contribution in [3.05, 3.63) is 29.8 Å². The molecular formula is C22H38N4O3. The number of likely N-dealkylation sites (N-methyl/N-ethyl adjacent to an activating group) is 2. The largest absolute Gasteiger partial charge is 0.492 e. The van der Waals surface area contributed by atoms with E-state index in [9.17, 15) is 0 Å². The maximum atomic E-state index is 5.90. The van der Waals surface area contributed by atoms with Crippen LogP contribution in [-0.4, -0.2) is 90.1 Å². The molecule has 0 radical (unpaired) electrons. The summed E-state index contributed by atoms with van der Waals surface area (Å²) in [6, 6.07) is 8.20. The van der Waals surface area contributed by atoms with E-state index in [1.165, 1.54) is 12.8 Å². The molecule has 0 spiro atoms. The van der Waals surface area contributed by atoms with E-state index in [-0.39, 0.29) is 0 Å². The number of hydrogen-bond acceptors (Lipinski definition) is 5. The van der Waals surface area contributed by atoms with Crippen LogP contribution in [0.1, 0.15) is 18.4 Å². The molecule has 0 bridgehead atoms. The van der Waals surface area contributed by atoms with Crippen LogP contribution in [0.4, 0.5) is 0 Å². The van der Waals surface area contributed by atoms with Gasteiger partial charge in [-0.15, -0.1) is 0 Å². The summed E-state index contributed by atoms with van der Waals surface area (Å²) < 4.78 is 16.7. The number of nitrogens with one attached hydrogen (secondary N) is 1. The molecule has 0 atom stereocenters. The Hall–Kier alpha value is -1.83. The first kappa shape index (κ1) is 23.4. The molecule has 0 saturated heterocycles. The van der Waals surface area contributed by atoms with E-state index in [4.69, 9.17) is 14.2 Å². The second-order valence-electron chi connectivity index (χ2n) is 7.63. The molecule has 1 aliphatic rings. The number of rotatable bonds is 14. The summed E-state index contributed by atoms with van der Waals surface area (Å²) in [6.45, 7) is 6.32. The summed E-state index contributed by atoms with van der Waals surface area (Å²) in [5.74, 6) is 2.56. The van der Waals surface area contributed by atoms with Gasteiger partial charge in [0.1, 0.15) is 12.4 Å². The van der Waals surface area contributed by atoms with Crippen LogP contribution in [0.25, 0.3) is 0 Å². The summed E-state index contributed by atoms with van der Waals surface area (Å²) >= 11 is 0. The zero-order valence-corrected chi connectivity index (χ0v) is 18.5. The number of benzene rings is 1. The van der Waals surface area contributed by atoms with Crippen molar-refractivity contribution in [3.8, 4) is 5.75 Å². The zero-order valence-electron chi connectivity index (χ0n) is 18.5. The smallest absolute Gasteiger partial charge is 0.193 e. The fourth-order valence-corrected chi connectivity index (χ4v) is 2.83. The minimum atomic E-state index is 0.655. The zero-order chi connectivity index (χ0) is 20.9. The quantitative estimate of drug-likeness (QED) is 0.290. The van der Waals surface area contributed by atoms with Crippen LogP contribution in [0.2, 0.25) is 0 Å². The molecule has 0 aliphatic heterocycles. The Bertz CT molecular complexity index is 607. The van der Waals surface area contributed by atoms with Gasteiger partial charge in [-0.1, -0.05) is 12.1 Å². The van der Waals surface area contributed by atoms with E-state index in [0.717, 1.165) is 62.6 Å². The summed E-state index contributed by atoms with van der Waals surface area (Å²) in [4.78, 5) is 8.67. The summed E-state index contributed by atoms with van der Waals surface area (Å²) in [5, 5.41) is 3.41. The van der Waals surface area contributed by atoms with Gasteiger partial charge in [0.05, 0.1) is 13.2 Å². The van der Waals surface area contributed by atoms with Gasteiger partial charge in [0.2, 0.25) is 0 Å². The Balaban J connectivity index is 1.69. The Labute approximate surface area is 176 Å². The predicted molar refractivity (Wildman–Crippen MR) is 118 cm³/mol. The van der Waals surface area contributed by atoms with E-state index < -0.39 is 0 Å². The SMILES string of the molecule is CN=C(NCc1cccc(OCCN(C)CCOC)c1)N(C)CCOCC1CC1. The molecule has 1 aliphatic carbocycles. The molecule has 1 aromatic rings. The monoisotopic (exact) mass is 406 g/mol. The lowest BCUT2D eigenvalue weighted by Crippen LogP contribution is -2.40. The molecule has 0 heterocycles. The summed E-state index contributed by atoms with van der Waals surface area (Å²) in [6.07, 6.45) is 2.65. The molecule has 0 amide bonds. The molecule has 0 aromatic heterocycles. The van der Waals surface area contributed by atoms with Gasteiger partial charge in [-0.05, 0) is 43.5 Å². The highest BCUT2D eigenvalue weighted by Gasteiger charge is 2.21. The van der Waals surface area contributed by atoms with Crippen LogP contribution in [0, 0.1) is 5.92 Å². The first-order valence-electron chi connectivity index (χ1n) is 10.5. The van der Waals surface area contributed by atoms with Crippen molar-refractivity contribution in [2.45, 2.75) is 19.4 Å². The number of methoxy groups -OCH3 is 1. The predicted octanol–water partition coefficient (Wildman–Crippen LogP) is 2.08. The van der Waals surface area contributed by atoms with E-state index in [1.54, 1.807) is 7.11 Å². The van der Waals surface area contributed by atoms with Gasteiger partial charge in [0, 0.05) is 54.0 Å². The first-order chi connectivity index (χ1) is 14.1. The topological polar surface area (TPSA) is 58.6 Å². The number of aliphatic imine (C=N–C) groups is 1. The summed E-state index contributed by atoms with van der Waals surface area (Å²) in [5.41, 5.74) is 1.16. The second-order valence-corrected chi connectivity index (χ2v) is 7.63. The molecule has 164 valence electrons. The molecule has 1 aromatic carbocycles.